The molecule has 0 radical (unpaired) electrons. The van der Waals surface area contributed by atoms with Gasteiger partial charge >= 0.3 is 12.2 Å². The molecule has 4 aromatic rings. The minimum atomic E-state index is -0.674. The Balaban J connectivity index is 0.829. The van der Waals surface area contributed by atoms with Gasteiger partial charge in [-0.05, 0) is 84.5 Å². The van der Waals surface area contributed by atoms with Crippen LogP contribution in [0.1, 0.15) is 87.2 Å². The smallest absolute Gasteiger partial charge is 0.407 e. The molecule has 15 nitrogen and oxygen atoms in total. The number of methoxy groups -OCH3 is 2. The van der Waals surface area contributed by atoms with Crippen LogP contribution < -0.4 is 10.6 Å². The zero-order valence-corrected chi connectivity index (χ0v) is 35.0. The number of nitrogens with one attached hydrogen (secondary N) is 4. The van der Waals surface area contributed by atoms with Gasteiger partial charge in [0.15, 0.2) is 0 Å². The molecule has 15 heteroatoms. The van der Waals surface area contributed by atoms with Crippen LogP contribution in [0.3, 0.4) is 0 Å². The van der Waals surface area contributed by atoms with Gasteiger partial charge < -0.3 is 44.6 Å². The second-order valence-corrected chi connectivity index (χ2v) is 17.5. The van der Waals surface area contributed by atoms with Crippen LogP contribution in [0.2, 0.25) is 0 Å². The number of hydrogen-bond acceptors (Lipinski definition) is 9. The van der Waals surface area contributed by atoms with E-state index in [4.69, 9.17) is 24.2 Å². The highest BCUT2D eigenvalue weighted by Gasteiger charge is 2.57. The molecule has 5 fully saturated rings. The molecule has 5 aliphatic rings. The van der Waals surface area contributed by atoms with Crippen molar-refractivity contribution in [2.75, 3.05) is 27.4 Å². The lowest BCUT2D eigenvalue weighted by atomic mass is 9.90. The summed E-state index contributed by atoms with van der Waals surface area (Å²) in [5, 5.41) is 5.58. The molecule has 4 amide bonds. The summed E-state index contributed by atoms with van der Waals surface area (Å²) in [6.07, 6.45) is 11.6. The van der Waals surface area contributed by atoms with E-state index in [-0.39, 0.29) is 47.8 Å². The zero-order chi connectivity index (χ0) is 42.4. The molecule has 0 unspecified atom stereocenters. The van der Waals surface area contributed by atoms with Gasteiger partial charge in [0.05, 0.1) is 50.1 Å². The fraction of sp³-hybridized carbons (Fsp3) is 0.478. The Labute approximate surface area is 355 Å². The maximum absolute atomic E-state index is 14.2. The minimum Gasteiger partial charge on any atom is -0.453 e. The number of aromatic amines is 2. The van der Waals surface area contributed by atoms with E-state index in [1.54, 1.807) is 0 Å². The van der Waals surface area contributed by atoms with Gasteiger partial charge in [-0.15, -0.1) is 0 Å². The van der Waals surface area contributed by atoms with E-state index in [9.17, 15) is 19.2 Å². The van der Waals surface area contributed by atoms with Gasteiger partial charge in [-0.25, -0.2) is 19.6 Å². The number of H-pyrrole nitrogens is 2. The molecule has 0 spiro atoms. The maximum Gasteiger partial charge on any atom is 0.407 e. The Morgan fingerprint density at radius 3 is 1.66 bits per heavy atom. The maximum atomic E-state index is 14.2. The first-order chi connectivity index (χ1) is 29.6. The number of benzene rings is 2. The van der Waals surface area contributed by atoms with E-state index >= 15 is 0 Å². The fourth-order valence-electron chi connectivity index (χ4n) is 9.72. The number of nitrogens with zero attached hydrogens (tertiary/aromatic N) is 4. The van der Waals surface area contributed by atoms with Crippen LogP contribution >= 0.6 is 0 Å². The van der Waals surface area contributed by atoms with Crippen molar-refractivity contribution in [1.29, 1.82) is 0 Å². The van der Waals surface area contributed by atoms with Crippen molar-refractivity contribution in [2.24, 2.45) is 23.7 Å². The molecule has 61 heavy (non-hydrogen) atoms. The van der Waals surface area contributed by atoms with Gasteiger partial charge in [0.2, 0.25) is 11.8 Å². The first-order valence-corrected chi connectivity index (χ1v) is 21.5. The average Bonchev–Trinajstić information content (AvgIpc) is 3.87. The second kappa shape index (κ2) is 16.8. The van der Waals surface area contributed by atoms with Crippen LogP contribution in [0, 0.1) is 23.7 Å². The van der Waals surface area contributed by atoms with Crippen LogP contribution in [0.5, 0.6) is 0 Å². The standard InChI is InChI=1S/C46H54N8O7/c1-25(2)39(51-45(57)59-3)43(55)53-35-19-31(35)21-37(53)41-47-23-33(49-41)28-11-7-26(8-12-28)5-6-27-9-13-29(14-10-27)34-24-48-42(50-34)38-22-32-20-36(32)54(38)44(56)40(52-46(58)60-4)30-15-17-61-18-16-30/h5-14,23-25,30-32,35-40H,15-22H2,1-4H3,(H,47,49)(H,48,50)(H,51,57)(H,52,58)/b6-5+/t31-,32-,35-,36-,37-,38-,39+,40-/m1/s1. The number of alkyl carbamates (subject to hydrolysis) is 2. The van der Waals surface area contributed by atoms with Gasteiger partial charge in [-0.1, -0.05) is 74.5 Å². The van der Waals surface area contributed by atoms with Crippen molar-refractivity contribution in [2.45, 2.75) is 88.6 Å². The van der Waals surface area contributed by atoms with E-state index in [0.717, 1.165) is 71.0 Å². The van der Waals surface area contributed by atoms with E-state index in [1.165, 1.54) is 14.2 Å². The SMILES string of the molecule is COC(=O)N[C@H](C(=O)N1[C@@H](c2ncc(-c3ccc(/C=C/c4ccc(-c5cnc([C@H]6C[C@H]7C[C@H]7N6C(=O)[C@H](NC(=O)OC)C6CCOCC6)[nH]5)cc4)cc3)[nH]2)C[C@H]2C[C@H]21)C(C)C. The quantitative estimate of drug-likeness (QED) is 0.116. The lowest BCUT2D eigenvalue weighted by Crippen LogP contribution is -2.54. The Morgan fingerprint density at radius 1 is 0.705 bits per heavy atom. The molecule has 3 saturated heterocycles. The van der Waals surface area contributed by atoms with Crippen molar-refractivity contribution in [3.63, 3.8) is 0 Å². The van der Waals surface area contributed by atoms with Gasteiger partial charge in [0, 0.05) is 25.3 Å². The van der Waals surface area contributed by atoms with Crippen LogP contribution in [0.15, 0.2) is 60.9 Å². The molecular formula is C46H54N8O7. The normalized spacial score (nSPS) is 25.2. The van der Waals surface area contributed by atoms with Gasteiger partial charge in [0.1, 0.15) is 23.7 Å². The summed E-state index contributed by atoms with van der Waals surface area (Å²) in [6.45, 7) is 4.98. The summed E-state index contributed by atoms with van der Waals surface area (Å²) in [5.74, 6) is 2.12. The fourth-order valence-corrected chi connectivity index (χ4v) is 9.72. The minimum absolute atomic E-state index is 0.0164. The summed E-state index contributed by atoms with van der Waals surface area (Å²) >= 11 is 0. The number of hydrogen-bond donors (Lipinski definition) is 4. The van der Waals surface area contributed by atoms with Crippen molar-refractivity contribution < 1.29 is 33.4 Å². The van der Waals surface area contributed by atoms with Crippen LogP contribution in [0.4, 0.5) is 9.59 Å². The summed E-state index contributed by atoms with van der Waals surface area (Å²) in [5.41, 5.74) is 5.84. The summed E-state index contributed by atoms with van der Waals surface area (Å²) in [7, 11) is 2.62. The number of aromatic nitrogens is 4. The predicted molar refractivity (Wildman–Crippen MR) is 226 cm³/mol. The van der Waals surface area contributed by atoms with Crippen LogP contribution in [-0.2, 0) is 23.8 Å². The lowest BCUT2D eigenvalue weighted by molar-refractivity contribution is -0.138. The number of carbonyl (C=O) groups excluding carboxylic acids is 4. The molecule has 2 aromatic heterocycles. The molecule has 320 valence electrons. The number of imidazole rings is 2. The average molecular weight is 831 g/mol. The third-order valence-corrected chi connectivity index (χ3v) is 13.3. The van der Waals surface area contributed by atoms with Crippen LogP contribution in [-0.4, -0.2) is 105 Å². The van der Waals surface area contributed by atoms with E-state index in [2.05, 4.69) is 81.3 Å². The van der Waals surface area contributed by atoms with E-state index < -0.39 is 24.3 Å². The molecular weight excluding hydrogens is 777 g/mol. The number of ether oxygens (including phenoxy) is 3. The van der Waals surface area contributed by atoms with Crippen molar-refractivity contribution in [3.8, 4) is 22.5 Å². The topological polar surface area (TPSA) is 184 Å². The summed E-state index contributed by atoms with van der Waals surface area (Å²) in [4.78, 5) is 72.7. The van der Waals surface area contributed by atoms with Gasteiger partial charge in [0.25, 0.3) is 0 Å². The third-order valence-electron chi connectivity index (χ3n) is 13.3. The monoisotopic (exact) mass is 830 g/mol. The Hall–Kier alpha value is -5.96. The number of piperidine rings is 2. The Morgan fingerprint density at radius 2 is 1.18 bits per heavy atom. The van der Waals surface area contributed by atoms with E-state index in [0.29, 0.717) is 37.9 Å². The van der Waals surface area contributed by atoms with Gasteiger partial charge in [-0.3, -0.25) is 9.59 Å². The molecule has 5 heterocycles. The molecule has 2 aromatic carbocycles. The molecule has 0 bridgehead atoms. The first kappa shape index (κ1) is 40.4. The van der Waals surface area contributed by atoms with Gasteiger partial charge in [-0.2, -0.15) is 0 Å². The molecule has 2 aliphatic carbocycles. The predicted octanol–water partition coefficient (Wildman–Crippen LogP) is 6.49. The van der Waals surface area contributed by atoms with E-state index in [1.807, 2.05) is 36.0 Å². The highest BCUT2D eigenvalue weighted by atomic mass is 16.5. The third kappa shape index (κ3) is 8.27. The largest absolute Gasteiger partial charge is 0.453 e. The van der Waals surface area contributed by atoms with Crippen molar-refractivity contribution >= 4 is 36.2 Å². The highest BCUT2D eigenvalue weighted by Crippen LogP contribution is 2.54. The summed E-state index contributed by atoms with van der Waals surface area (Å²) < 4.78 is 15.2. The highest BCUT2D eigenvalue weighted by molar-refractivity contribution is 5.88. The number of rotatable bonds is 12. The molecule has 2 saturated carbocycles. The van der Waals surface area contributed by atoms with Crippen LogP contribution in [0.25, 0.3) is 34.7 Å². The molecule has 3 aliphatic heterocycles. The van der Waals surface area contributed by atoms with Crippen molar-refractivity contribution in [1.82, 2.24) is 40.4 Å². The lowest BCUT2D eigenvalue weighted by Gasteiger charge is -2.35. The van der Waals surface area contributed by atoms with Crippen molar-refractivity contribution in [3.05, 3.63) is 83.7 Å². The molecule has 8 atom stereocenters. The first-order valence-electron chi connectivity index (χ1n) is 21.5. The molecule has 9 rings (SSSR count). The second-order valence-electron chi connectivity index (χ2n) is 17.5. The number of likely N-dealkylation sites (tertiary alicyclic amines) is 2. The molecule has 4 N–H and O–H groups in total. The number of amides is 4. The Bertz CT molecular complexity index is 2280. The summed E-state index contributed by atoms with van der Waals surface area (Å²) in [6, 6.07) is 15.1. The number of fused-ring (bicyclic) bond motifs is 2. The Kier molecular flexibility index (Phi) is 11.2. The number of carbonyl (C=O) groups is 4. The zero-order valence-electron chi connectivity index (χ0n) is 35.0.